The van der Waals surface area contributed by atoms with Gasteiger partial charge >= 0.3 is 0 Å². The molecule has 0 fully saturated rings. The average Bonchev–Trinajstić information content (AvgIpc) is 3.17. The molecule has 0 amide bonds. The molecule has 0 aliphatic rings. The number of fused-ring (bicyclic) bond motifs is 3. The van der Waals surface area contributed by atoms with Gasteiger partial charge in [0.1, 0.15) is 0 Å². The molecule has 0 saturated heterocycles. The smallest absolute Gasteiger partial charge is 0.208 e. The van der Waals surface area contributed by atoms with Crippen molar-refractivity contribution in [1.29, 1.82) is 0 Å². The zero-order chi connectivity index (χ0) is 32.7. The highest BCUT2D eigenvalue weighted by atomic mass is 35.5. The van der Waals surface area contributed by atoms with Crippen molar-refractivity contribution < 1.29 is 0 Å². The molecule has 230 valence electrons. The second-order valence-electron chi connectivity index (χ2n) is 12.2. The zero-order valence-corrected chi connectivity index (χ0v) is 27.1. The van der Waals surface area contributed by atoms with Gasteiger partial charge in [0.25, 0.3) is 0 Å². The normalized spacial score (nSPS) is 11.4. The van der Waals surface area contributed by atoms with E-state index in [1.54, 1.807) is 0 Å². The fourth-order valence-corrected chi connectivity index (χ4v) is 7.12. The summed E-state index contributed by atoms with van der Waals surface area (Å²) in [5, 5.41) is 7.29. The lowest BCUT2D eigenvalue weighted by Crippen LogP contribution is -1.99. The van der Waals surface area contributed by atoms with Gasteiger partial charge in [0.2, 0.25) is 5.28 Å². The first-order valence-corrected chi connectivity index (χ1v) is 16.7. The van der Waals surface area contributed by atoms with Gasteiger partial charge in [0.15, 0.2) is 11.6 Å². The Bertz CT molecular complexity index is 2690. The van der Waals surface area contributed by atoms with Crippen LogP contribution >= 0.6 is 11.6 Å². The van der Waals surface area contributed by atoms with Gasteiger partial charge in [-0.3, -0.25) is 0 Å². The second-order valence-corrected chi connectivity index (χ2v) is 12.5. The van der Waals surface area contributed by atoms with Crippen LogP contribution in [0.1, 0.15) is 0 Å². The minimum Gasteiger partial charge on any atom is -0.208 e. The first-order chi connectivity index (χ1) is 24.2. The van der Waals surface area contributed by atoms with E-state index in [0.29, 0.717) is 11.6 Å². The van der Waals surface area contributed by atoms with Crippen LogP contribution in [0.15, 0.2) is 170 Å². The molecule has 0 saturated carbocycles. The zero-order valence-electron chi connectivity index (χ0n) is 26.4. The predicted octanol–water partition coefficient (Wildman–Crippen LogP) is 12.3. The van der Waals surface area contributed by atoms with Crippen LogP contribution in [0.4, 0.5) is 0 Å². The minimum atomic E-state index is 0.156. The van der Waals surface area contributed by atoms with Crippen LogP contribution in [-0.2, 0) is 0 Å². The van der Waals surface area contributed by atoms with E-state index in [-0.39, 0.29) is 5.28 Å². The highest BCUT2D eigenvalue weighted by Gasteiger charge is 2.17. The monoisotopic (exact) mass is 645 g/mol. The number of rotatable bonds is 5. The Hall–Kier alpha value is -6.16. The summed E-state index contributed by atoms with van der Waals surface area (Å²) in [4.78, 5) is 14.2. The molecule has 0 N–H and O–H groups in total. The van der Waals surface area contributed by atoms with Crippen LogP contribution < -0.4 is 0 Å². The van der Waals surface area contributed by atoms with Gasteiger partial charge in [-0.2, -0.15) is 9.97 Å². The maximum absolute atomic E-state index is 6.63. The van der Waals surface area contributed by atoms with E-state index >= 15 is 0 Å². The van der Waals surface area contributed by atoms with E-state index in [1.807, 2.05) is 6.07 Å². The molecule has 3 nitrogen and oxygen atoms in total. The van der Waals surface area contributed by atoms with Gasteiger partial charge < -0.3 is 0 Å². The number of hydrogen-bond acceptors (Lipinski definition) is 3. The Morgan fingerprint density at radius 1 is 0.306 bits per heavy atom. The molecule has 1 heterocycles. The van der Waals surface area contributed by atoms with E-state index in [2.05, 4.69) is 174 Å². The maximum Gasteiger partial charge on any atom is 0.226 e. The highest BCUT2D eigenvalue weighted by molar-refractivity contribution is 6.28. The Labute approximate surface area is 289 Å². The molecule has 0 aliphatic carbocycles. The number of nitrogens with zero attached hydrogens (tertiary/aromatic N) is 3. The van der Waals surface area contributed by atoms with Crippen LogP contribution in [0.5, 0.6) is 0 Å². The third-order valence-electron chi connectivity index (χ3n) is 9.27. The second kappa shape index (κ2) is 12.1. The van der Waals surface area contributed by atoms with E-state index < -0.39 is 0 Å². The summed E-state index contributed by atoms with van der Waals surface area (Å²) in [5.41, 5.74) is 8.62. The quantitative estimate of drug-likeness (QED) is 0.187. The van der Waals surface area contributed by atoms with Crippen molar-refractivity contribution in [1.82, 2.24) is 15.0 Å². The molecule has 0 unspecified atom stereocenters. The Morgan fingerprint density at radius 3 is 1.45 bits per heavy atom. The maximum atomic E-state index is 6.63. The molecule has 49 heavy (non-hydrogen) atoms. The molecule has 4 heteroatoms. The first kappa shape index (κ1) is 29.0. The van der Waals surface area contributed by atoms with E-state index in [0.717, 1.165) is 38.6 Å². The summed E-state index contributed by atoms with van der Waals surface area (Å²) in [6.07, 6.45) is 0. The summed E-state index contributed by atoms with van der Waals surface area (Å²) in [5.74, 6) is 1.07. The summed E-state index contributed by atoms with van der Waals surface area (Å²) in [6, 6.07) is 59.6. The van der Waals surface area contributed by atoms with Crippen LogP contribution in [0, 0.1) is 0 Å². The molecular weight excluding hydrogens is 618 g/mol. The molecule has 8 aromatic carbocycles. The van der Waals surface area contributed by atoms with E-state index in [9.17, 15) is 0 Å². The third kappa shape index (κ3) is 5.31. The standard InChI is InChI=1S/C45H28ClN3/c46-45-48-43(34-26-24-31-27-33(25-23-32(31)28-34)37-21-9-13-29-11-1-3-15-35(29)37)47-44(49-45)42-20-8-7-19-41(42)40-18-6-5-17-39(40)38-22-10-14-30-12-2-4-16-36(30)38/h1-28H. The van der Waals surface area contributed by atoms with Crippen LogP contribution in [0.25, 0.3) is 88.5 Å². The van der Waals surface area contributed by atoms with Crippen LogP contribution in [-0.4, -0.2) is 15.0 Å². The molecular formula is C45H28ClN3. The lowest BCUT2D eigenvalue weighted by Gasteiger charge is -2.15. The van der Waals surface area contributed by atoms with Crippen molar-refractivity contribution in [3.63, 3.8) is 0 Å². The molecule has 9 rings (SSSR count). The van der Waals surface area contributed by atoms with Crippen molar-refractivity contribution in [2.24, 2.45) is 0 Å². The van der Waals surface area contributed by atoms with Crippen molar-refractivity contribution in [2.75, 3.05) is 0 Å². The lowest BCUT2D eigenvalue weighted by molar-refractivity contribution is 1.07. The van der Waals surface area contributed by atoms with Crippen LogP contribution in [0.2, 0.25) is 5.28 Å². The SMILES string of the molecule is Clc1nc(-c2ccc3cc(-c4cccc5ccccc45)ccc3c2)nc(-c2ccccc2-c2ccccc2-c2cccc3ccccc23)n1. The minimum absolute atomic E-state index is 0.156. The van der Waals surface area contributed by atoms with Crippen LogP contribution in [0.3, 0.4) is 0 Å². The van der Waals surface area contributed by atoms with Gasteiger partial charge in [-0.05, 0) is 89.4 Å². The molecule has 0 aliphatic heterocycles. The topological polar surface area (TPSA) is 38.7 Å². The molecule has 0 bridgehead atoms. The third-order valence-corrected chi connectivity index (χ3v) is 9.44. The molecule has 0 spiro atoms. The molecule has 1 aromatic heterocycles. The molecule has 0 radical (unpaired) electrons. The number of aromatic nitrogens is 3. The van der Waals surface area contributed by atoms with Crippen molar-refractivity contribution >= 4 is 43.9 Å². The van der Waals surface area contributed by atoms with Gasteiger partial charge in [0.05, 0.1) is 0 Å². The summed E-state index contributed by atoms with van der Waals surface area (Å²) in [7, 11) is 0. The van der Waals surface area contributed by atoms with Gasteiger partial charge in [-0.25, -0.2) is 4.98 Å². The molecule has 0 atom stereocenters. The van der Waals surface area contributed by atoms with Crippen molar-refractivity contribution in [2.45, 2.75) is 0 Å². The first-order valence-electron chi connectivity index (χ1n) is 16.3. The Balaban J connectivity index is 1.12. The Kier molecular flexibility index (Phi) is 7.18. The van der Waals surface area contributed by atoms with Gasteiger partial charge in [-0.1, -0.05) is 158 Å². The Morgan fingerprint density at radius 2 is 0.755 bits per heavy atom. The number of benzene rings is 8. The fourth-order valence-electron chi connectivity index (χ4n) is 6.96. The number of halogens is 1. The van der Waals surface area contributed by atoms with E-state index in [4.69, 9.17) is 16.6 Å². The fraction of sp³-hybridized carbons (Fsp3) is 0. The average molecular weight is 646 g/mol. The largest absolute Gasteiger partial charge is 0.226 e. The highest BCUT2D eigenvalue weighted by Crippen LogP contribution is 2.40. The predicted molar refractivity (Wildman–Crippen MR) is 205 cm³/mol. The number of hydrogen-bond donors (Lipinski definition) is 0. The van der Waals surface area contributed by atoms with Crippen molar-refractivity contribution in [3.8, 4) is 56.2 Å². The lowest BCUT2D eigenvalue weighted by atomic mass is 9.89. The summed E-state index contributed by atoms with van der Waals surface area (Å²) >= 11 is 6.63. The summed E-state index contributed by atoms with van der Waals surface area (Å²) in [6.45, 7) is 0. The van der Waals surface area contributed by atoms with Gasteiger partial charge in [-0.15, -0.1) is 0 Å². The van der Waals surface area contributed by atoms with E-state index in [1.165, 1.54) is 38.2 Å². The molecule has 9 aromatic rings. The van der Waals surface area contributed by atoms with Crippen molar-refractivity contribution in [3.05, 3.63) is 175 Å². The van der Waals surface area contributed by atoms with Gasteiger partial charge in [0, 0.05) is 11.1 Å². The summed E-state index contributed by atoms with van der Waals surface area (Å²) < 4.78 is 0.